The lowest BCUT2D eigenvalue weighted by Gasteiger charge is -2.33. The van der Waals surface area contributed by atoms with Gasteiger partial charge in [-0.3, -0.25) is 0 Å². The summed E-state index contributed by atoms with van der Waals surface area (Å²) in [7, 11) is 0. The lowest BCUT2D eigenvalue weighted by atomic mass is 9.96. The van der Waals surface area contributed by atoms with E-state index in [2.05, 4.69) is 27.4 Å². The van der Waals surface area contributed by atoms with Crippen LogP contribution in [0, 0.1) is 11.1 Å². The van der Waals surface area contributed by atoms with Crippen LogP contribution in [-0.2, 0) is 17.7 Å². The molecule has 0 atom stereocenters. The summed E-state index contributed by atoms with van der Waals surface area (Å²) in [5, 5.41) is 12.5. The summed E-state index contributed by atoms with van der Waals surface area (Å²) < 4.78 is 10.7. The summed E-state index contributed by atoms with van der Waals surface area (Å²) in [6.45, 7) is 10.1. The zero-order valence-electron chi connectivity index (χ0n) is 19.2. The maximum Gasteiger partial charge on any atom is 0.410 e. The van der Waals surface area contributed by atoms with Crippen LogP contribution < -0.4 is 4.73 Å². The molecule has 9 heteroatoms. The molecule has 4 rings (SSSR count). The van der Waals surface area contributed by atoms with Crippen molar-refractivity contribution >= 4 is 54.6 Å². The van der Waals surface area contributed by atoms with Crippen LogP contribution in [0.5, 0.6) is 0 Å². The average Bonchev–Trinajstić information content (AvgIpc) is 3.26. The molecular formula is C23H31BrN4O3S. The van der Waals surface area contributed by atoms with Gasteiger partial charge in [0.25, 0.3) is 0 Å². The van der Waals surface area contributed by atoms with Gasteiger partial charge in [-0.1, -0.05) is 13.3 Å². The molecule has 7 nitrogen and oxygen atoms in total. The largest absolute Gasteiger partial charge is 0.618 e. The molecule has 0 saturated carbocycles. The molecule has 32 heavy (non-hydrogen) atoms. The van der Waals surface area contributed by atoms with Crippen LogP contribution in [-0.4, -0.2) is 39.2 Å². The fourth-order valence-electron chi connectivity index (χ4n) is 4.32. The quantitative estimate of drug-likeness (QED) is 0.321. The summed E-state index contributed by atoms with van der Waals surface area (Å²) in [4.78, 5) is 19.1. The van der Waals surface area contributed by atoms with Gasteiger partial charge >= 0.3 is 6.09 Å². The van der Waals surface area contributed by atoms with Gasteiger partial charge in [-0.15, -0.1) is 11.3 Å². The van der Waals surface area contributed by atoms with E-state index in [1.54, 1.807) is 17.5 Å². The van der Waals surface area contributed by atoms with E-state index < -0.39 is 5.60 Å². The number of fused-ring (bicyclic) bond motifs is 3. The third kappa shape index (κ3) is 4.88. The number of hydrogen-bond donors (Lipinski definition) is 0. The number of aromatic nitrogens is 3. The van der Waals surface area contributed by atoms with Crippen molar-refractivity contribution in [3.63, 3.8) is 0 Å². The molecule has 0 unspecified atom stereocenters. The van der Waals surface area contributed by atoms with E-state index in [1.807, 2.05) is 31.7 Å². The van der Waals surface area contributed by atoms with Crippen molar-refractivity contribution in [2.24, 2.45) is 5.92 Å². The minimum Gasteiger partial charge on any atom is -0.618 e. The fraction of sp³-hybridized carbons (Fsp3) is 0.609. The van der Waals surface area contributed by atoms with Crippen molar-refractivity contribution in [2.45, 2.75) is 71.9 Å². The molecule has 174 valence electrons. The Kier molecular flexibility index (Phi) is 6.68. The Bertz CT molecular complexity index is 1130. The average molecular weight is 523 g/mol. The Morgan fingerprint density at radius 1 is 1.38 bits per heavy atom. The number of thiophene rings is 1. The van der Waals surface area contributed by atoms with Gasteiger partial charge in [0.2, 0.25) is 11.7 Å². The zero-order valence-corrected chi connectivity index (χ0v) is 21.6. The highest BCUT2D eigenvalue weighted by molar-refractivity contribution is 9.11. The summed E-state index contributed by atoms with van der Waals surface area (Å²) in [5.41, 5.74) is 2.02. The standard InChI is InChI=1S/C23H31BrN4O3S/c1-5-6-7-19-25-16-14-28(30)17-12-18(24)32-21(17)20(16)27(19)13-15-8-10-26(11-9-15)22(29)31-23(2,3)4/h12,14-15H,5-11,13H2,1-4H3. The monoisotopic (exact) mass is 522 g/mol. The number of halogens is 1. The maximum absolute atomic E-state index is 12.5. The predicted molar refractivity (Wildman–Crippen MR) is 131 cm³/mol. The number of piperidine rings is 1. The number of nitrogens with zero attached hydrogens (tertiary/aromatic N) is 4. The number of carbonyl (C=O) groups is 1. The topological polar surface area (TPSA) is 74.3 Å². The third-order valence-corrected chi connectivity index (χ3v) is 7.54. The second-order valence-corrected chi connectivity index (χ2v) is 12.0. The molecular weight excluding hydrogens is 492 g/mol. The van der Waals surface area contributed by atoms with Crippen molar-refractivity contribution < 1.29 is 14.3 Å². The first-order valence-corrected chi connectivity index (χ1v) is 13.0. The highest BCUT2D eigenvalue weighted by atomic mass is 79.9. The summed E-state index contributed by atoms with van der Waals surface area (Å²) >= 11 is 5.13. The van der Waals surface area contributed by atoms with E-state index in [4.69, 9.17) is 9.72 Å². The van der Waals surface area contributed by atoms with E-state index in [1.165, 1.54) is 0 Å². The molecule has 3 aromatic heterocycles. The van der Waals surface area contributed by atoms with Gasteiger partial charge in [0, 0.05) is 32.1 Å². The number of likely N-dealkylation sites (tertiary alicyclic amines) is 1. The second kappa shape index (κ2) is 9.17. The number of imidazole rings is 1. The summed E-state index contributed by atoms with van der Waals surface area (Å²) in [5.74, 6) is 1.50. The maximum atomic E-state index is 12.5. The second-order valence-electron chi connectivity index (χ2n) is 9.61. The van der Waals surface area contributed by atoms with Gasteiger partial charge in [-0.25, -0.2) is 9.78 Å². The number of rotatable bonds is 5. The molecule has 0 N–H and O–H groups in total. The van der Waals surface area contributed by atoms with Crippen molar-refractivity contribution in [3.05, 3.63) is 27.1 Å². The molecule has 1 saturated heterocycles. The van der Waals surface area contributed by atoms with Crippen LogP contribution in [0.15, 0.2) is 16.0 Å². The van der Waals surface area contributed by atoms with Crippen molar-refractivity contribution in [2.75, 3.05) is 13.1 Å². The Labute approximate surface area is 201 Å². The number of unbranched alkanes of at least 4 members (excludes halogenated alkanes) is 1. The van der Waals surface area contributed by atoms with Crippen molar-refractivity contribution in [3.8, 4) is 0 Å². The fourth-order valence-corrected chi connectivity index (χ4v) is 5.95. The van der Waals surface area contributed by atoms with Gasteiger partial charge in [-0.05, 0) is 61.9 Å². The number of hydrogen-bond acceptors (Lipinski definition) is 5. The summed E-state index contributed by atoms with van der Waals surface area (Å²) in [6.07, 6.45) is 6.30. The zero-order chi connectivity index (χ0) is 23.0. The van der Waals surface area contributed by atoms with Crippen LogP contribution >= 0.6 is 27.3 Å². The Morgan fingerprint density at radius 2 is 2.09 bits per heavy atom. The first-order chi connectivity index (χ1) is 15.2. The van der Waals surface area contributed by atoms with E-state index in [0.29, 0.717) is 24.5 Å². The SMILES string of the molecule is CCCCc1nc2c[n+]([O-])c3cc(Br)sc3c2n1CC1CCN(C(=O)OC(C)(C)C)CC1. The molecule has 0 aliphatic carbocycles. The number of ether oxygens (including phenoxy) is 1. The van der Waals surface area contributed by atoms with Crippen molar-refractivity contribution in [1.29, 1.82) is 0 Å². The van der Waals surface area contributed by atoms with Gasteiger partial charge in [0.15, 0.2) is 5.52 Å². The first-order valence-electron chi connectivity index (χ1n) is 11.3. The van der Waals surface area contributed by atoms with E-state index >= 15 is 0 Å². The van der Waals surface area contributed by atoms with Gasteiger partial charge in [0.1, 0.15) is 16.1 Å². The highest BCUT2D eigenvalue weighted by Gasteiger charge is 2.28. The number of aryl methyl sites for hydroxylation is 1. The van der Waals surface area contributed by atoms with Crippen LogP contribution in [0.2, 0.25) is 0 Å². The minimum absolute atomic E-state index is 0.224. The Morgan fingerprint density at radius 3 is 2.75 bits per heavy atom. The van der Waals surface area contributed by atoms with Gasteiger partial charge in [0.05, 0.1) is 9.30 Å². The minimum atomic E-state index is -0.476. The Hall–Kier alpha value is -1.87. The van der Waals surface area contributed by atoms with Gasteiger partial charge in [-0.2, -0.15) is 4.73 Å². The number of amides is 1. The smallest absolute Gasteiger partial charge is 0.410 e. The van der Waals surface area contributed by atoms with Gasteiger partial charge < -0.3 is 19.4 Å². The lowest BCUT2D eigenvalue weighted by Crippen LogP contribution is -2.42. The van der Waals surface area contributed by atoms with E-state index in [0.717, 1.165) is 68.7 Å². The molecule has 0 radical (unpaired) electrons. The molecule has 1 amide bonds. The third-order valence-electron chi connectivity index (χ3n) is 5.91. The van der Waals surface area contributed by atoms with Crippen LogP contribution in [0.3, 0.4) is 0 Å². The van der Waals surface area contributed by atoms with Crippen LogP contribution in [0.4, 0.5) is 4.79 Å². The molecule has 4 heterocycles. The lowest BCUT2D eigenvalue weighted by molar-refractivity contribution is -0.575. The molecule has 1 aliphatic rings. The normalized spacial score (nSPS) is 15.7. The molecule has 0 spiro atoms. The summed E-state index contributed by atoms with van der Waals surface area (Å²) in [6, 6.07) is 1.88. The molecule has 0 bridgehead atoms. The van der Waals surface area contributed by atoms with Crippen LogP contribution in [0.25, 0.3) is 21.3 Å². The highest BCUT2D eigenvalue weighted by Crippen LogP contribution is 2.35. The molecule has 3 aromatic rings. The molecule has 1 fully saturated rings. The van der Waals surface area contributed by atoms with Crippen molar-refractivity contribution in [1.82, 2.24) is 14.5 Å². The predicted octanol–water partition coefficient (Wildman–Crippen LogP) is 5.64. The number of carbonyl (C=O) groups excluding carboxylic acids is 1. The Balaban J connectivity index is 1.60. The molecule has 0 aromatic carbocycles. The van der Waals surface area contributed by atoms with Crippen LogP contribution in [0.1, 0.15) is 59.2 Å². The first kappa shape index (κ1) is 23.3. The number of pyridine rings is 1. The molecule has 1 aliphatic heterocycles. The van der Waals surface area contributed by atoms with E-state index in [9.17, 15) is 10.0 Å². The van der Waals surface area contributed by atoms with E-state index in [-0.39, 0.29) is 6.09 Å².